The average Bonchev–Trinajstić information content (AvgIpc) is 2.10. The van der Waals surface area contributed by atoms with Crippen molar-refractivity contribution in [2.45, 2.75) is 12.8 Å². The lowest BCUT2D eigenvalue weighted by Gasteiger charge is -1.92. The molecule has 0 radical (unpaired) electrons. The minimum absolute atomic E-state index is 0.159. The highest BCUT2D eigenvalue weighted by Gasteiger charge is 1.82. The topological polar surface area (TPSA) is 217 Å². The van der Waals surface area contributed by atoms with Crippen LogP contribution in [0.15, 0.2) is 4.99 Å². The van der Waals surface area contributed by atoms with Gasteiger partial charge < -0.3 is 27.6 Å². The molecule has 12 nitrogen and oxygen atoms in total. The maximum atomic E-state index is 8.36. The van der Waals surface area contributed by atoms with Gasteiger partial charge in [0.25, 0.3) is 10.2 Å². The summed E-state index contributed by atoms with van der Waals surface area (Å²) in [7, 11) is 0. The van der Waals surface area contributed by atoms with E-state index in [0.717, 1.165) is 12.8 Å². The summed E-state index contributed by atoms with van der Waals surface area (Å²) in [6, 6.07) is 0. The molecule has 0 rings (SSSR count). The molecule has 0 aromatic rings. The van der Waals surface area contributed by atoms with Gasteiger partial charge in [0.15, 0.2) is 5.96 Å². The first-order valence-electron chi connectivity index (χ1n) is 4.16. The highest BCUT2D eigenvalue weighted by molar-refractivity contribution is 5.75. The van der Waals surface area contributed by atoms with E-state index >= 15 is 0 Å². The molecular formula is C5H16N6O6. The quantitative estimate of drug-likeness (QED) is 0.127. The molecule has 0 aliphatic heterocycles. The number of aliphatic imine (C=N–C) groups is 1. The zero-order valence-corrected chi connectivity index (χ0v) is 8.93. The molecule has 8 N–H and O–H groups in total. The van der Waals surface area contributed by atoms with Crippen LogP contribution in [0.4, 0.5) is 0 Å². The Morgan fingerprint density at radius 3 is 1.71 bits per heavy atom. The van der Waals surface area contributed by atoms with Crippen molar-refractivity contribution in [3.63, 3.8) is 0 Å². The summed E-state index contributed by atoms with van der Waals surface area (Å²) in [6.07, 6.45) is 1.95. The zero-order valence-electron chi connectivity index (χ0n) is 8.93. The number of nitrogens with zero attached hydrogens (tertiary/aromatic N) is 3. The van der Waals surface area contributed by atoms with Gasteiger partial charge in [-0.2, -0.15) is 0 Å². The fourth-order valence-electron chi connectivity index (χ4n) is 0.464. The van der Waals surface area contributed by atoms with Crippen molar-refractivity contribution in [3.8, 4) is 0 Å². The van der Waals surface area contributed by atoms with Gasteiger partial charge >= 0.3 is 0 Å². The van der Waals surface area contributed by atoms with E-state index in [1.54, 1.807) is 0 Å². The molecule has 17 heavy (non-hydrogen) atoms. The summed E-state index contributed by atoms with van der Waals surface area (Å²) < 4.78 is 0. The van der Waals surface area contributed by atoms with Crippen LogP contribution in [-0.4, -0.2) is 39.6 Å². The van der Waals surface area contributed by atoms with E-state index in [1.165, 1.54) is 0 Å². The van der Waals surface area contributed by atoms with Crippen molar-refractivity contribution in [2.75, 3.05) is 13.1 Å². The van der Waals surface area contributed by atoms with Crippen molar-refractivity contribution in [1.29, 1.82) is 0 Å². The molecule has 0 saturated carbocycles. The van der Waals surface area contributed by atoms with Crippen LogP contribution in [0, 0.1) is 20.2 Å². The Labute approximate surface area is 95.9 Å². The molecule has 0 saturated heterocycles. The van der Waals surface area contributed by atoms with Crippen LogP contribution < -0.4 is 17.2 Å². The van der Waals surface area contributed by atoms with Crippen LogP contribution in [-0.2, 0) is 0 Å². The first-order valence-corrected chi connectivity index (χ1v) is 4.16. The van der Waals surface area contributed by atoms with Gasteiger partial charge in [0.2, 0.25) is 0 Å². The molecule has 0 unspecified atom stereocenters. The van der Waals surface area contributed by atoms with Gasteiger partial charge in [-0.15, -0.1) is 20.2 Å². The van der Waals surface area contributed by atoms with E-state index < -0.39 is 10.2 Å². The second kappa shape index (κ2) is 16.1. The molecule has 0 aromatic carbocycles. The Morgan fingerprint density at radius 1 is 1.12 bits per heavy atom. The van der Waals surface area contributed by atoms with Gasteiger partial charge in [0.1, 0.15) is 0 Å². The van der Waals surface area contributed by atoms with Gasteiger partial charge in [-0.3, -0.25) is 4.99 Å². The maximum Gasteiger partial charge on any atom is 0.291 e. The highest BCUT2D eigenvalue weighted by Crippen LogP contribution is 1.84. The zero-order chi connectivity index (χ0) is 14.3. The summed E-state index contributed by atoms with van der Waals surface area (Å²) in [6.45, 7) is 1.40. The average molecular weight is 256 g/mol. The van der Waals surface area contributed by atoms with Crippen molar-refractivity contribution in [2.24, 2.45) is 22.2 Å². The van der Waals surface area contributed by atoms with E-state index in [0.29, 0.717) is 13.1 Å². The van der Waals surface area contributed by atoms with E-state index in [2.05, 4.69) is 4.99 Å². The van der Waals surface area contributed by atoms with E-state index in [4.69, 9.17) is 47.8 Å². The Hall–Kier alpha value is -2.37. The molecular weight excluding hydrogens is 240 g/mol. The molecule has 0 bridgehead atoms. The van der Waals surface area contributed by atoms with E-state index in [-0.39, 0.29) is 5.96 Å². The van der Waals surface area contributed by atoms with Crippen molar-refractivity contribution in [3.05, 3.63) is 20.2 Å². The molecule has 0 fully saturated rings. The fourth-order valence-corrected chi connectivity index (χ4v) is 0.464. The van der Waals surface area contributed by atoms with Crippen LogP contribution >= 0.6 is 0 Å². The molecule has 0 atom stereocenters. The second-order valence-electron chi connectivity index (χ2n) is 2.28. The van der Waals surface area contributed by atoms with Gasteiger partial charge in [-0.25, -0.2) is 0 Å². The van der Waals surface area contributed by atoms with Crippen LogP contribution in [0.1, 0.15) is 12.8 Å². The summed E-state index contributed by atoms with van der Waals surface area (Å²) in [5.41, 5.74) is 15.4. The second-order valence-corrected chi connectivity index (χ2v) is 2.28. The number of unbranched alkanes of at least 4 members (excludes halogenated alkanes) is 1. The fraction of sp³-hybridized carbons (Fsp3) is 0.800. The smallest absolute Gasteiger partial charge is 0.291 e. The number of guanidine groups is 1. The minimum Gasteiger partial charge on any atom is -0.370 e. The maximum absolute atomic E-state index is 8.36. The highest BCUT2D eigenvalue weighted by atomic mass is 16.9. The third kappa shape index (κ3) is 140. The lowest BCUT2D eigenvalue weighted by molar-refractivity contribution is -0.742. The van der Waals surface area contributed by atoms with Crippen LogP contribution in [0.5, 0.6) is 0 Å². The Bertz CT molecular complexity index is 209. The molecule has 0 spiro atoms. The summed E-state index contributed by atoms with van der Waals surface area (Å²) in [5, 5.41) is 27.3. The normalized spacial score (nSPS) is 7.59. The molecule has 0 heterocycles. The number of hydrogen-bond donors (Lipinski definition) is 5. The third-order valence-corrected chi connectivity index (χ3v) is 0.907. The largest absolute Gasteiger partial charge is 0.370 e. The predicted octanol–water partition coefficient (Wildman–Crippen LogP) is -1.70. The molecule has 0 amide bonds. The van der Waals surface area contributed by atoms with E-state index in [1.807, 2.05) is 0 Å². The van der Waals surface area contributed by atoms with Gasteiger partial charge in [-0.05, 0) is 19.4 Å². The lowest BCUT2D eigenvalue weighted by atomic mass is 10.3. The third-order valence-electron chi connectivity index (χ3n) is 0.907. The number of rotatable bonds is 4. The molecule has 0 aliphatic rings. The van der Waals surface area contributed by atoms with Crippen LogP contribution in [0.25, 0.3) is 0 Å². The summed E-state index contributed by atoms with van der Waals surface area (Å²) in [5.74, 6) is 0.159. The Kier molecular flexibility index (Phi) is 19.0. The summed E-state index contributed by atoms with van der Waals surface area (Å²) in [4.78, 5) is 20.5. The first-order chi connectivity index (χ1) is 7.73. The molecule has 12 heteroatoms. The first kappa shape index (κ1) is 20.1. The van der Waals surface area contributed by atoms with Crippen LogP contribution in [0.3, 0.4) is 0 Å². The van der Waals surface area contributed by atoms with Crippen molar-refractivity contribution in [1.82, 2.24) is 0 Å². The monoisotopic (exact) mass is 256 g/mol. The predicted molar refractivity (Wildman–Crippen MR) is 56.5 cm³/mol. The van der Waals surface area contributed by atoms with Crippen molar-refractivity contribution < 1.29 is 20.6 Å². The Balaban J connectivity index is -0.000000205. The molecule has 102 valence electrons. The molecule has 0 aliphatic carbocycles. The number of nitrogens with two attached hydrogens (primary N) is 3. The summed E-state index contributed by atoms with van der Waals surface area (Å²) >= 11 is 0. The Morgan fingerprint density at radius 2 is 1.47 bits per heavy atom. The minimum atomic E-state index is -1.50. The van der Waals surface area contributed by atoms with Gasteiger partial charge in [0.05, 0.1) is 0 Å². The standard InChI is InChI=1S/C5H14N4.2HNO3/c6-3-1-2-4-9-5(7)8;2*2-1(3)4/h1-4,6H2,(H4,7,8,9);2*(H,2,3,4). The van der Waals surface area contributed by atoms with Crippen molar-refractivity contribution >= 4 is 5.96 Å². The molecule has 0 aromatic heterocycles. The van der Waals surface area contributed by atoms with Gasteiger partial charge in [0, 0.05) is 6.54 Å². The lowest BCUT2D eigenvalue weighted by Crippen LogP contribution is -2.23. The SMILES string of the molecule is NCCCCN=C(N)N.O=[N+]([O-])O.O=[N+]([O-])O. The van der Waals surface area contributed by atoms with Crippen LogP contribution in [0.2, 0.25) is 0 Å². The van der Waals surface area contributed by atoms with Gasteiger partial charge in [-0.1, -0.05) is 0 Å². The van der Waals surface area contributed by atoms with E-state index in [9.17, 15) is 0 Å². The number of hydrogen-bond acceptors (Lipinski definition) is 6.